The molecular formula is C26H38F3N4O5P. The van der Waals surface area contributed by atoms with Gasteiger partial charge in [-0.1, -0.05) is 25.3 Å². The molecule has 1 aliphatic carbocycles. The van der Waals surface area contributed by atoms with E-state index in [0.717, 1.165) is 0 Å². The van der Waals surface area contributed by atoms with Crippen LogP contribution in [0.3, 0.4) is 0 Å². The lowest BCUT2D eigenvalue weighted by Crippen LogP contribution is -2.50. The fourth-order valence-corrected chi connectivity index (χ4v) is 6.79. The van der Waals surface area contributed by atoms with E-state index in [0.29, 0.717) is 19.3 Å². The van der Waals surface area contributed by atoms with Crippen LogP contribution in [0.4, 0.5) is 18.9 Å². The molecule has 0 aromatic heterocycles. The quantitative estimate of drug-likeness (QED) is 0.0946. The van der Waals surface area contributed by atoms with Gasteiger partial charge in [0.1, 0.15) is 0 Å². The minimum atomic E-state index is -5.05. The van der Waals surface area contributed by atoms with Crippen LogP contribution < -0.4 is 5.73 Å². The molecule has 1 aliphatic rings. The fraction of sp³-hybridized carbons (Fsp3) is 0.692. The van der Waals surface area contributed by atoms with Gasteiger partial charge in [0.25, 0.3) is 14.2 Å². The second-order valence-electron chi connectivity index (χ2n) is 10.4. The van der Waals surface area contributed by atoms with Crippen molar-refractivity contribution in [3.05, 3.63) is 39.4 Å². The Morgan fingerprint density at radius 2 is 1.90 bits per heavy atom. The highest BCUT2D eigenvalue weighted by Gasteiger charge is 2.51. The van der Waals surface area contributed by atoms with Gasteiger partial charge in [-0.25, -0.2) is 4.67 Å². The predicted octanol–water partition coefficient (Wildman–Crippen LogP) is 6.81. The number of Topliss-reactive ketones (excluding diaryl/α,β-unsaturated/α-hetero) is 1. The Hall–Kier alpha value is -2.16. The van der Waals surface area contributed by atoms with Crippen LogP contribution in [0.15, 0.2) is 18.2 Å². The first-order valence-corrected chi connectivity index (χ1v) is 14.2. The van der Waals surface area contributed by atoms with Crippen LogP contribution in [-0.4, -0.2) is 40.2 Å². The summed E-state index contributed by atoms with van der Waals surface area (Å²) in [5, 5.41) is 20.9. The molecule has 1 saturated carbocycles. The summed E-state index contributed by atoms with van der Waals surface area (Å²) in [7, 11) is -1.76. The zero-order valence-electron chi connectivity index (χ0n) is 23.0. The van der Waals surface area contributed by atoms with Gasteiger partial charge in [-0.3, -0.25) is 14.9 Å². The number of alkyl halides is 3. The van der Waals surface area contributed by atoms with Gasteiger partial charge in [-0.15, -0.1) is 0 Å². The Kier molecular flexibility index (Phi) is 11.8. The molecule has 1 aromatic carbocycles. The molecule has 0 radical (unpaired) electrons. The first-order valence-electron chi connectivity index (χ1n) is 13.1. The van der Waals surface area contributed by atoms with Gasteiger partial charge in [-0.05, 0) is 59.1 Å². The number of benzene rings is 1. The van der Waals surface area contributed by atoms with Crippen molar-refractivity contribution in [3.8, 4) is 6.07 Å². The van der Waals surface area contributed by atoms with Crippen molar-refractivity contribution in [1.29, 1.82) is 5.26 Å². The van der Waals surface area contributed by atoms with Crippen molar-refractivity contribution in [3.63, 3.8) is 0 Å². The molecular weight excluding hydrogens is 536 g/mol. The van der Waals surface area contributed by atoms with E-state index in [9.17, 15) is 28.1 Å². The molecule has 9 nitrogen and oxygen atoms in total. The number of carbonyl (C=O) groups is 1. The molecule has 0 amide bonds. The SMILES string of the molecule is CC(OP(OCCC#N)N(C(C)C)C(C)C)c1cc(C2(N)CCCCCC2C(=O)C(F)(F)F)ccc1[N+](=O)[O-]. The van der Waals surface area contributed by atoms with Gasteiger partial charge in [0.2, 0.25) is 5.78 Å². The van der Waals surface area contributed by atoms with Gasteiger partial charge < -0.3 is 14.8 Å². The predicted molar refractivity (Wildman–Crippen MR) is 141 cm³/mol. The third-order valence-electron chi connectivity index (χ3n) is 6.91. The minimum absolute atomic E-state index is 0.0147. The van der Waals surface area contributed by atoms with Crippen LogP contribution in [0.1, 0.15) is 90.4 Å². The lowest BCUT2D eigenvalue weighted by atomic mass is 9.72. The second-order valence-corrected chi connectivity index (χ2v) is 11.8. The van der Waals surface area contributed by atoms with E-state index >= 15 is 0 Å². The fourth-order valence-electron chi connectivity index (χ4n) is 5.10. The zero-order valence-corrected chi connectivity index (χ0v) is 23.9. The highest BCUT2D eigenvalue weighted by Crippen LogP contribution is 2.51. The van der Waals surface area contributed by atoms with Crippen LogP contribution in [0.25, 0.3) is 0 Å². The standard InChI is InChI=1S/C26H38F3N4O5P/c1-17(2)32(18(3)4)39(37-15-9-14-30)38-19(5)21-16-20(11-12-23(21)33(35)36)25(31)13-8-6-7-10-22(25)24(34)26(27,28)29/h11-12,16-19,22H,6-10,13,15,31H2,1-5H3. The number of halogens is 3. The number of nitro groups is 1. The second kappa shape index (κ2) is 14.0. The summed E-state index contributed by atoms with van der Waals surface area (Å²) < 4.78 is 54.7. The molecule has 4 unspecified atom stereocenters. The number of nitrogens with two attached hydrogens (primary N) is 1. The first kappa shape index (κ1) is 33.0. The van der Waals surface area contributed by atoms with Gasteiger partial charge >= 0.3 is 6.18 Å². The summed E-state index contributed by atoms with van der Waals surface area (Å²) in [4.78, 5) is 23.8. The monoisotopic (exact) mass is 574 g/mol. The lowest BCUT2D eigenvalue weighted by molar-refractivity contribution is -0.386. The molecule has 0 aliphatic heterocycles. The third kappa shape index (κ3) is 8.18. The number of nitriles is 1. The van der Waals surface area contributed by atoms with Crippen molar-refractivity contribution in [2.45, 2.75) is 103 Å². The molecule has 13 heteroatoms. The summed E-state index contributed by atoms with van der Waals surface area (Å²) in [6, 6.07) is 5.94. The Bertz CT molecular complexity index is 1040. The number of hydrogen-bond acceptors (Lipinski definition) is 8. The van der Waals surface area contributed by atoms with Crippen LogP contribution in [-0.2, 0) is 19.4 Å². The van der Waals surface area contributed by atoms with Gasteiger partial charge in [0.05, 0.1) is 41.2 Å². The smallest absolute Gasteiger partial charge is 0.321 e. The number of rotatable bonds is 12. The maximum absolute atomic E-state index is 13.5. The topological polar surface area (TPSA) is 132 Å². The summed E-state index contributed by atoms with van der Waals surface area (Å²) >= 11 is 0. The molecule has 39 heavy (non-hydrogen) atoms. The molecule has 1 fully saturated rings. The van der Waals surface area contributed by atoms with Crippen molar-refractivity contribution < 1.29 is 31.9 Å². The maximum atomic E-state index is 13.5. The Labute approximate surface area is 228 Å². The van der Waals surface area contributed by atoms with Crippen LogP contribution in [0.2, 0.25) is 0 Å². The molecule has 1 aromatic rings. The van der Waals surface area contributed by atoms with Gasteiger partial charge in [0, 0.05) is 24.1 Å². The van der Waals surface area contributed by atoms with E-state index in [1.165, 1.54) is 18.2 Å². The largest absolute Gasteiger partial charge is 0.450 e. The van der Waals surface area contributed by atoms with Crippen molar-refractivity contribution in [2.24, 2.45) is 11.7 Å². The maximum Gasteiger partial charge on any atom is 0.450 e. The van der Waals surface area contributed by atoms with E-state index in [-0.39, 0.29) is 54.8 Å². The Morgan fingerprint density at radius 1 is 1.26 bits per heavy atom. The van der Waals surface area contributed by atoms with E-state index in [4.69, 9.17) is 20.0 Å². The van der Waals surface area contributed by atoms with Crippen molar-refractivity contribution in [2.75, 3.05) is 6.61 Å². The average molecular weight is 575 g/mol. The van der Waals surface area contributed by atoms with E-state index in [1.807, 2.05) is 38.4 Å². The lowest BCUT2D eigenvalue weighted by Gasteiger charge is -2.38. The normalized spacial score (nSPS) is 22.0. The molecule has 0 spiro atoms. The number of ketones is 1. The van der Waals surface area contributed by atoms with E-state index in [1.54, 1.807) is 6.92 Å². The summed E-state index contributed by atoms with van der Waals surface area (Å²) in [6.07, 6.45) is -4.15. The molecule has 2 rings (SSSR count). The summed E-state index contributed by atoms with van der Waals surface area (Å²) in [6.45, 7) is 9.48. The zero-order chi connectivity index (χ0) is 29.5. The minimum Gasteiger partial charge on any atom is -0.321 e. The Morgan fingerprint density at radius 3 is 2.44 bits per heavy atom. The molecule has 0 heterocycles. The van der Waals surface area contributed by atoms with Crippen LogP contribution in [0, 0.1) is 27.4 Å². The molecule has 0 saturated heterocycles. The number of carbonyl (C=O) groups excluding carboxylic acids is 1. The number of nitro benzene ring substituents is 1. The molecule has 2 N–H and O–H groups in total. The Balaban J connectivity index is 2.57. The van der Waals surface area contributed by atoms with Crippen LogP contribution in [0.5, 0.6) is 0 Å². The van der Waals surface area contributed by atoms with Gasteiger partial charge in [-0.2, -0.15) is 18.4 Å². The summed E-state index contributed by atoms with van der Waals surface area (Å²) in [5.41, 5.74) is 5.05. The summed E-state index contributed by atoms with van der Waals surface area (Å²) in [5.74, 6) is -3.38. The first-order chi connectivity index (χ1) is 18.1. The molecule has 218 valence electrons. The number of hydrogen-bond donors (Lipinski definition) is 1. The third-order valence-corrected chi connectivity index (χ3v) is 9.11. The molecule has 0 bridgehead atoms. The van der Waals surface area contributed by atoms with E-state index < -0.39 is 43.0 Å². The highest BCUT2D eigenvalue weighted by atomic mass is 31.2. The highest BCUT2D eigenvalue weighted by molar-refractivity contribution is 7.44. The van der Waals surface area contributed by atoms with Crippen molar-refractivity contribution >= 4 is 20.0 Å². The van der Waals surface area contributed by atoms with Crippen molar-refractivity contribution in [1.82, 2.24) is 4.67 Å². The van der Waals surface area contributed by atoms with E-state index in [2.05, 4.69) is 0 Å². The molecule has 4 atom stereocenters. The average Bonchev–Trinajstić information content (AvgIpc) is 3.04. The van der Waals surface area contributed by atoms with Crippen LogP contribution >= 0.6 is 8.53 Å². The van der Waals surface area contributed by atoms with Gasteiger partial charge in [0.15, 0.2) is 0 Å². The number of nitrogens with zero attached hydrogens (tertiary/aromatic N) is 3.